The van der Waals surface area contributed by atoms with Crippen LogP contribution in [0.4, 0.5) is 0 Å². The molecule has 2 heterocycles. The van der Waals surface area contributed by atoms with E-state index in [0.717, 1.165) is 45.9 Å². The highest BCUT2D eigenvalue weighted by molar-refractivity contribution is 4.85. The van der Waals surface area contributed by atoms with Crippen LogP contribution < -0.4 is 5.73 Å². The summed E-state index contributed by atoms with van der Waals surface area (Å²) < 4.78 is 5.36. The molecule has 5 nitrogen and oxygen atoms in total. The van der Waals surface area contributed by atoms with Gasteiger partial charge in [-0.1, -0.05) is 0 Å². The maximum absolute atomic E-state index is 8.93. The lowest BCUT2D eigenvalue weighted by Gasteiger charge is -2.32. The fraction of sp³-hybridized carbons (Fsp3) is 1.00. The van der Waals surface area contributed by atoms with Gasteiger partial charge in [-0.25, -0.2) is 0 Å². The Balaban J connectivity index is 1.74. The first-order valence-corrected chi connectivity index (χ1v) is 6.20. The second-order valence-corrected chi connectivity index (χ2v) is 4.79. The molecular formula is C11H23N3O2. The summed E-state index contributed by atoms with van der Waals surface area (Å²) in [5.74, 6) is 0. The fourth-order valence-corrected chi connectivity index (χ4v) is 2.61. The molecule has 0 aromatic heterocycles. The molecular weight excluding hydrogens is 206 g/mol. The van der Waals surface area contributed by atoms with Crippen LogP contribution in [0.15, 0.2) is 0 Å². The first-order valence-electron chi connectivity index (χ1n) is 6.20. The van der Waals surface area contributed by atoms with E-state index in [1.54, 1.807) is 0 Å². The van der Waals surface area contributed by atoms with Crippen LogP contribution in [0.3, 0.4) is 0 Å². The number of ether oxygens (including phenoxy) is 1. The zero-order chi connectivity index (χ0) is 11.4. The molecule has 0 aromatic carbocycles. The van der Waals surface area contributed by atoms with Crippen molar-refractivity contribution in [3.05, 3.63) is 0 Å². The highest BCUT2D eigenvalue weighted by Gasteiger charge is 2.28. The minimum absolute atomic E-state index is 0.0821. The highest BCUT2D eigenvalue weighted by Crippen LogP contribution is 2.16. The van der Waals surface area contributed by atoms with E-state index >= 15 is 0 Å². The Morgan fingerprint density at radius 3 is 2.75 bits per heavy atom. The van der Waals surface area contributed by atoms with E-state index in [0.29, 0.717) is 6.04 Å². The maximum atomic E-state index is 8.93. The Kier molecular flexibility index (Phi) is 4.55. The van der Waals surface area contributed by atoms with Gasteiger partial charge in [0.1, 0.15) is 0 Å². The number of nitrogens with zero attached hydrogens (tertiary/aromatic N) is 2. The molecule has 3 N–H and O–H groups in total. The lowest BCUT2D eigenvalue weighted by atomic mass is 10.2. The lowest BCUT2D eigenvalue weighted by Crippen LogP contribution is -2.45. The van der Waals surface area contributed by atoms with Crippen LogP contribution in [-0.2, 0) is 4.74 Å². The molecule has 2 fully saturated rings. The number of aliphatic hydroxyl groups is 1. The molecule has 0 radical (unpaired) electrons. The second-order valence-electron chi connectivity index (χ2n) is 4.79. The largest absolute Gasteiger partial charge is 0.395 e. The minimum atomic E-state index is -0.0940. The average molecular weight is 229 g/mol. The monoisotopic (exact) mass is 229 g/mol. The van der Waals surface area contributed by atoms with Crippen molar-refractivity contribution in [1.29, 1.82) is 0 Å². The van der Waals surface area contributed by atoms with E-state index in [-0.39, 0.29) is 12.6 Å². The number of morpholine rings is 1. The number of rotatable bonds is 4. The first kappa shape index (κ1) is 12.3. The predicted octanol–water partition coefficient (Wildman–Crippen LogP) is -1.29. The summed E-state index contributed by atoms with van der Waals surface area (Å²) in [5.41, 5.74) is 5.75. The molecule has 2 aliphatic rings. The number of aliphatic hydroxyl groups excluding tert-OH is 1. The van der Waals surface area contributed by atoms with Crippen LogP contribution in [-0.4, -0.2) is 79.5 Å². The van der Waals surface area contributed by atoms with Crippen molar-refractivity contribution in [3.63, 3.8) is 0 Å². The molecule has 2 saturated heterocycles. The molecule has 0 spiro atoms. The van der Waals surface area contributed by atoms with Gasteiger partial charge in [-0.2, -0.15) is 0 Å². The topological polar surface area (TPSA) is 62.0 Å². The summed E-state index contributed by atoms with van der Waals surface area (Å²) in [6.45, 7) is 6.95. The zero-order valence-corrected chi connectivity index (χ0v) is 9.85. The summed E-state index contributed by atoms with van der Waals surface area (Å²) in [6, 6.07) is 0.568. The van der Waals surface area contributed by atoms with Gasteiger partial charge in [-0.05, 0) is 13.0 Å². The van der Waals surface area contributed by atoms with Crippen LogP contribution in [0.5, 0.6) is 0 Å². The molecule has 0 bridgehead atoms. The number of nitrogens with two attached hydrogens (primary N) is 1. The van der Waals surface area contributed by atoms with Gasteiger partial charge < -0.3 is 20.5 Å². The van der Waals surface area contributed by atoms with Gasteiger partial charge in [0.25, 0.3) is 0 Å². The van der Waals surface area contributed by atoms with Gasteiger partial charge in [-0.15, -0.1) is 0 Å². The SMILES string of the molecule is NC(CO)CN1CCC(N2CCOCC2)C1. The maximum Gasteiger partial charge on any atom is 0.0595 e. The summed E-state index contributed by atoms with van der Waals surface area (Å²) >= 11 is 0. The Morgan fingerprint density at radius 1 is 1.31 bits per heavy atom. The standard InChI is InChI=1S/C11H23N3O2/c12-10(9-15)7-13-2-1-11(8-13)14-3-5-16-6-4-14/h10-11,15H,1-9,12H2. The van der Waals surface area contributed by atoms with Crippen LogP contribution in [0, 0.1) is 0 Å². The molecule has 0 aromatic rings. The van der Waals surface area contributed by atoms with Gasteiger partial charge in [0.15, 0.2) is 0 Å². The van der Waals surface area contributed by atoms with E-state index in [4.69, 9.17) is 15.6 Å². The lowest BCUT2D eigenvalue weighted by molar-refractivity contribution is 0.0183. The predicted molar refractivity (Wildman–Crippen MR) is 62.3 cm³/mol. The van der Waals surface area contributed by atoms with E-state index in [9.17, 15) is 0 Å². The zero-order valence-electron chi connectivity index (χ0n) is 9.85. The first-order chi connectivity index (χ1) is 7.79. The molecule has 94 valence electrons. The fourth-order valence-electron chi connectivity index (χ4n) is 2.61. The van der Waals surface area contributed by atoms with E-state index in [1.165, 1.54) is 6.42 Å². The van der Waals surface area contributed by atoms with Crippen molar-refractivity contribution in [2.45, 2.75) is 18.5 Å². The van der Waals surface area contributed by atoms with E-state index in [2.05, 4.69) is 9.80 Å². The summed E-state index contributed by atoms with van der Waals surface area (Å²) in [4.78, 5) is 4.88. The van der Waals surface area contributed by atoms with Gasteiger partial charge in [-0.3, -0.25) is 4.90 Å². The van der Waals surface area contributed by atoms with Crippen molar-refractivity contribution in [2.24, 2.45) is 5.73 Å². The summed E-state index contributed by atoms with van der Waals surface area (Å²) in [6.07, 6.45) is 1.22. The molecule has 2 unspecified atom stereocenters. The van der Waals surface area contributed by atoms with Gasteiger partial charge in [0.2, 0.25) is 0 Å². The number of likely N-dealkylation sites (tertiary alicyclic amines) is 1. The minimum Gasteiger partial charge on any atom is -0.395 e. The normalized spacial score (nSPS) is 30.8. The van der Waals surface area contributed by atoms with Crippen LogP contribution >= 0.6 is 0 Å². The number of hydrogen-bond acceptors (Lipinski definition) is 5. The van der Waals surface area contributed by atoms with Crippen molar-refractivity contribution in [1.82, 2.24) is 9.80 Å². The average Bonchev–Trinajstić information content (AvgIpc) is 2.78. The third kappa shape index (κ3) is 3.15. The third-order valence-corrected chi connectivity index (χ3v) is 3.54. The molecule has 0 saturated carbocycles. The summed E-state index contributed by atoms with van der Waals surface area (Å²) in [7, 11) is 0. The Bertz CT molecular complexity index is 209. The Hall–Kier alpha value is -0.200. The molecule has 2 atom stereocenters. The van der Waals surface area contributed by atoms with Crippen LogP contribution in [0.25, 0.3) is 0 Å². The Labute approximate surface area is 97.1 Å². The van der Waals surface area contributed by atoms with Crippen molar-refractivity contribution >= 4 is 0 Å². The second kappa shape index (κ2) is 5.93. The smallest absolute Gasteiger partial charge is 0.0595 e. The molecule has 16 heavy (non-hydrogen) atoms. The molecule has 0 aliphatic carbocycles. The van der Waals surface area contributed by atoms with Gasteiger partial charge >= 0.3 is 0 Å². The van der Waals surface area contributed by atoms with E-state index < -0.39 is 0 Å². The molecule has 2 aliphatic heterocycles. The molecule has 0 amide bonds. The van der Waals surface area contributed by atoms with Crippen molar-refractivity contribution in [2.75, 3.05) is 52.5 Å². The van der Waals surface area contributed by atoms with Crippen molar-refractivity contribution < 1.29 is 9.84 Å². The third-order valence-electron chi connectivity index (χ3n) is 3.54. The van der Waals surface area contributed by atoms with E-state index in [1.807, 2.05) is 0 Å². The quantitative estimate of drug-likeness (QED) is 0.628. The Morgan fingerprint density at radius 2 is 2.06 bits per heavy atom. The van der Waals surface area contributed by atoms with Gasteiger partial charge in [0, 0.05) is 38.3 Å². The molecule has 5 heteroatoms. The van der Waals surface area contributed by atoms with Crippen LogP contribution in [0.2, 0.25) is 0 Å². The molecule has 2 rings (SSSR count). The van der Waals surface area contributed by atoms with Gasteiger partial charge in [0.05, 0.1) is 19.8 Å². The number of hydrogen-bond donors (Lipinski definition) is 2. The van der Waals surface area contributed by atoms with Crippen LogP contribution in [0.1, 0.15) is 6.42 Å². The highest BCUT2D eigenvalue weighted by atomic mass is 16.5. The summed E-state index contributed by atoms with van der Waals surface area (Å²) in [5, 5.41) is 8.93. The van der Waals surface area contributed by atoms with Crippen molar-refractivity contribution in [3.8, 4) is 0 Å².